The van der Waals surface area contributed by atoms with E-state index in [1.807, 2.05) is 13.4 Å². The molecule has 0 fully saturated rings. The number of fused-ring (bicyclic) bond motifs is 1. The molecule has 0 amide bonds. The minimum Gasteiger partial charge on any atom is -0.388 e. The third kappa shape index (κ3) is 1.35. The second-order valence-electron chi connectivity index (χ2n) is 3.70. The molecule has 0 bridgehead atoms. The van der Waals surface area contributed by atoms with Crippen molar-refractivity contribution in [1.29, 1.82) is 0 Å². The van der Waals surface area contributed by atoms with Crippen LogP contribution in [0.15, 0.2) is 24.5 Å². The lowest BCUT2D eigenvalue weighted by molar-refractivity contribution is 0.617. The fourth-order valence-electron chi connectivity index (χ4n) is 1.60. The van der Waals surface area contributed by atoms with Crippen LogP contribution in [0.3, 0.4) is 0 Å². The highest BCUT2D eigenvalue weighted by molar-refractivity contribution is 5.79. The van der Waals surface area contributed by atoms with Crippen molar-refractivity contribution >= 4 is 16.7 Å². The molecule has 0 aliphatic carbocycles. The van der Waals surface area contributed by atoms with Crippen molar-refractivity contribution in [1.82, 2.24) is 9.55 Å². The first-order chi connectivity index (χ1) is 6.72. The summed E-state index contributed by atoms with van der Waals surface area (Å²) in [5, 5.41) is 3.11. The van der Waals surface area contributed by atoms with Gasteiger partial charge in [-0.2, -0.15) is 0 Å². The number of imidazole rings is 1. The Kier molecular flexibility index (Phi) is 2.15. The van der Waals surface area contributed by atoms with Crippen LogP contribution in [-0.2, 0) is 0 Å². The lowest BCUT2D eigenvalue weighted by Gasteiger charge is -2.07. The molecular weight excluding hydrogens is 174 g/mol. The molecule has 74 valence electrons. The SMILES string of the molecule is CNc1ccc2c(c1)ncn2C(C)C. The fourth-order valence-corrected chi connectivity index (χ4v) is 1.60. The van der Waals surface area contributed by atoms with Gasteiger partial charge in [0.25, 0.3) is 0 Å². The number of aromatic nitrogens is 2. The molecule has 0 aliphatic rings. The number of benzene rings is 1. The van der Waals surface area contributed by atoms with E-state index in [1.54, 1.807) is 0 Å². The van der Waals surface area contributed by atoms with Gasteiger partial charge < -0.3 is 9.88 Å². The summed E-state index contributed by atoms with van der Waals surface area (Å²) in [6, 6.07) is 6.70. The van der Waals surface area contributed by atoms with E-state index in [2.05, 4.69) is 46.9 Å². The van der Waals surface area contributed by atoms with Crippen LogP contribution in [0, 0.1) is 0 Å². The van der Waals surface area contributed by atoms with Gasteiger partial charge in [-0.1, -0.05) is 0 Å². The van der Waals surface area contributed by atoms with Gasteiger partial charge in [0, 0.05) is 18.8 Å². The van der Waals surface area contributed by atoms with Crippen LogP contribution in [0.4, 0.5) is 5.69 Å². The van der Waals surface area contributed by atoms with E-state index in [0.29, 0.717) is 6.04 Å². The van der Waals surface area contributed by atoms with Crippen LogP contribution in [0.25, 0.3) is 11.0 Å². The molecule has 14 heavy (non-hydrogen) atoms. The van der Waals surface area contributed by atoms with E-state index in [9.17, 15) is 0 Å². The number of nitrogens with zero attached hydrogens (tertiary/aromatic N) is 2. The van der Waals surface area contributed by atoms with Gasteiger partial charge in [-0.05, 0) is 32.0 Å². The fraction of sp³-hybridized carbons (Fsp3) is 0.364. The summed E-state index contributed by atoms with van der Waals surface area (Å²) in [5.41, 5.74) is 3.34. The van der Waals surface area contributed by atoms with Crippen molar-refractivity contribution in [3.63, 3.8) is 0 Å². The molecule has 1 N–H and O–H groups in total. The predicted octanol–water partition coefficient (Wildman–Crippen LogP) is 2.66. The summed E-state index contributed by atoms with van der Waals surface area (Å²) < 4.78 is 2.18. The second kappa shape index (κ2) is 3.33. The van der Waals surface area contributed by atoms with Crippen LogP contribution in [0.2, 0.25) is 0 Å². The molecule has 0 saturated heterocycles. The molecule has 2 aromatic rings. The van der Waals surface area contributed by atoms with Crippen molar-refractivity contribution in [2.45, 2.75) is 19.9 Å². The Morgan fingerprint density at radius 2 is 2.14 bits per heavy atom. The van der Waals surface area contributed by atoms with Gasteiger partial charge in [0.05, 0.1) is 17.4 Å². The van der Waals surface area contributed by atoms with Crippen molar-refractivity contribution < 1.29 is 0 Å². The third-order valence-electron chi connectivity index (χ3n) is 2.42. The maximum Gasteiger partial charge on any atom is 0.0960 e. The van der Waals surface area contributed by atoms with Crippen LogP contribution < -0.4 is 5.32 Å². The van der Waals surface area contributed by atoms with E-state index < -0.39 is 0 Å². The zero-order valence-corrected chi connectivity index (χ0v) is 8.78. The van der Waals surface area contributed by atoms with Gasteiger partial charge in [0.15, 0.2) is 0 Å². The Labute approximate surface area is 83.8 Å². The van der Waals surface area contributed by atoms with Gasteiger partial charge >= 0.3 is 0 Å². The molecule has 2 rings (SSSR count). The van der Waals surface area contributed by atoms with Crippen LogP contribution in [0.1, 0.15) is 19.9 Å². The molecule has 0 saturated carbocycles. The van der Waals surface area contributed by atoms with Gasteiger partial charge in [0.2, 0.25) is 0 Å². The standard InChI is InChI=1S/C11H15N3/c1-8(2)14-7-13-10-6-9(12-3)4-5-11(10)14/h4-8,12H,1-3H3. The molecule has 0 atom stereocenters. The minimum absolute atomic E-state index is 0.459. The molecule has 0 unspecified atom stereocenters. The maximum atomic E-state index is 4.37. The van der Waals surface area contributed by atoms with Crippen molar-refractivity contribution in [3.05, 3.63) is 24.5 Å². The molecule has 0 spiro atoms. The third-order valence-corrected chi connectivity index (χ3v) is 2.42. The summed E-state index contributed by atoms with van der Waals surface area (Å²) in [5.74, 6) is 0. The normalized spacial score (nSPS) is 11.1. The number of rotatable bonds is 2. The minimum atomic E-state index is 0.459. The second-order valence-corrected chi connectivity index (χ2v) is 3.70. The molecular formula is C11H15N3. The monoisotopic (exact) mass is 189 g/mol. The smallest absolute Gasteiger partial charge is 0.0960 e. The Balaban J connectivity index is 2.59. The lowest BCUT2D eigenvalue weighted by Crippen LogP contribution is -1.97. The van der Waals surface area contributed by atoms with Gasteiger partial charge in [-0.3, -0.25) is 0 Å². The summed E-state index contributed by atoms with van der Waals surface area (Å²) >= 11 is 0. The number of anilines is 1. The molecule has 3 nitrogen and oxygen atoms in total. The molecule has 0 aliphatic heterocycles. The zero-order chi connectivity index (χ0) is 10.1. The highest BCUT2D eigenvalue weighted by Crippen LogP contribution is 2.20. The lowest BCUT2D eigenvalue weighted by atomic mass is 10.2. The van der Waals surface area contributed by atoms with Crippen LogP contribution in [0.5, 0.6) is 0 Å². The summed E-state index contributed by atoms with van der Waals surface area (Å²) in [6.07, 6.45) is 1.90. The Morgan fingerprint density at radius 3 is 2.79 bits per heavy atom. The number of hydrogen-bond acceptors (Lipinski definition) is 2. The highest BCUT2D eigenvalue weighted by Gasteiger charge is 2.04. The molecule has 3 heteroatoms. The average Bonchev–Trinajstić information content (AvgIpc) is 2.59. The van der Waals surface area contributed by atoms with E-state index in [-0.39, 0.29) is 0 Å². The van der Waals surface area contributed by atoms with Crippen molar-refractivity contribution in [2.75, 3.05) is 12.4 Å². The highest BCUT2D eigenvalue weighted by atomic mass is 15.1. The average molecular weight is 189 g/mol. The molecule has 1 aromatic heterocycles. The van der Waals surface area contributed by atoms with Gasteiger partial charge in [0.1, 0.15) is 0 Å². The van der Waals surface area contributed by atoms with Crippen molar-refractivity contribution in [2.24, 2.45) is 0 Å². The van der Waals surface area contributed by atoms with Gasteiger partial charge in [-0.25, -0.2) is 4.98 Å². The Morgan fingerprint density at radius 1 is 1.36 bits per heavy atom. The number of hydrogen-bond donors (Lipinski definition) is 1. The van der Waals surface area contributed by atoms with Crippen LogP contribution >= 0.6 is 0 Å². The molecule has 0 radical (unpaired) electrons. The quantitative estimate of drug-likeness (QED) is 0.787. The first kappa shape index (κ1) is 9.06. The predicted molar refractivity (Wildman–Crippen MR) is 59.7 cm³/mol. The molecule has 1 aromatic carbocycles. The maximum absolute atomic E-state index is 4.37. The van der Waals surface area contributed by atoms with E-state index in [4.69, 9.17) is 0 Å². The Hall–Kier alpha value is -1.51. The van der Waals surface area contributed by atoms with E-state index in [1.165, 1.54) is 5.52 Å². The molecule has 1 heterocycles. The Bertz CT molecular complexity index is 443. The van der Waals surface area contributed by atoms with Gasteiger partial charge in [-0.15, -0.1) is 0 Å². The number of nitrogens with one attached hydrogen (secondary N) is 1. The van der Waals surface area contributed by atoms with Crippen molar-refractivity contribution in [3.8, 4) is 0 Å². The summed E-state index contributed by atoms with van der Waals surface area (Å²) in [7, 11) is 1.92. The van der Waals surface area contributed by atoms with E-state index in [0.717, 1.165) is 11.2 Å². The summed E-state index contributed by atoms with van der Waals surface area (Å²) in [6.45, 7) is 4.32. The first-order valence-electron chi connectivity index (χ1n) is 4.86. The first-order valence-corrected chi connectivity index (χ1v) is 4.86. The largest absolute Gasteiger partial charge is 0.388 e. The van der Waals surface area contributed by atoms with E-state index >= 15 is 0 Å². The topological polar surface area (TPSA) is 29.9 Å². The zero-order valence-electron chi connectivity index (χ0n) is 8.78. The van der Waals surface area contributed by atoms with Crippen LogP contribution in [-0.4, -0.2) is 16.6 Å². The summed E-state index contributed by atoms with van der Waals surface area (Å²) in [4.78, 5) is 4.37.